The molecule has 1 aliphatic heterocycles. The van der Waals surface area contributed by atoms with Gasteiger partial charge in [0.1, 0.15) is 0 Å². The monoisotopic (exact) mass is 203 g/mol. The summed E-state index contributed by atoms with van der Waals surface area (Å²) in [5, 5.41) is 0. The van der Waals surface area contributed by atoms with E-state index < -0.39 is 5.92 Å². The van der Waals surface area contributed by atoms with Gasteiger partial charge >= 0.3 is 0 Å². The molecule has 2 N–H and O–H groups in total. The van der Waals surface area contributed by atoms with Crippen LogP contribution in [0.15, 0.2) is 4.99 Å². The van der Waals surface area contributed by atoms with Gasteiger partial charge in [-0.25, -0.2) is 8.78 Å². The molecule has 5 heteroatoms. The van der Waals surface area contributed by atoms with Crippen LogP contribution in [0.2, 0.25) is 0 Å². The molecule has 2 rings (SSSR count). The van der Waals surface area contributed by atoms with Crippen LogP contribution in [0, 0.1) is 5.92 Å². The number of halogens is 2. The zero-order valence-corrected chi connectivity index (χ0v) is 8.05. The second-order valence-corrected chi connectivity index (χ2v) is 4.17. The van der Waals surface area contributed by atoms with Gasteiger partial charge in [-0.15, -0.1) is 0 Å². The summed E-state index contributed by atoms with van der Waals surface area (Å²) in [4.78, 5) is 6.09. The fourth-order valence-electron chi connectivity index (χ4n) is 1.78. The number of hydrogen-bond donors (Lipinski definition) is 1. The summed E-state index contributed by atoms with van der Waals surface area (Å²) < 4.78 is 24.9. The van der Waals surface area contributed by atoms with Gasteiger partial charge in [0.25, 0.3) is 0 Å². The van der Waals surface area contributed by atoms with E-state index in [1.54, 1.807) is 0 Å². The van der Waals surface area contributed by atoms with E-state index in [-0.39, 0.29) is 18.8 Å². The fourth-order valence-corrected chi connectivity index (χ4v) is 1.78. The van der Waals surface area contributed by atoms with Crippen LogP contribution in [0.3, 0.4) is 0 Å². The zero-order valence-electron chi connectivity index (χ0n) is 8.05. The van der Waals surface area contributed by atoms with Gasteiger partial charge in [0.15, 0.2) is 5.96 Å². The number of nitrogens with two attached hydrogens (primary N) is 1. The van der Waals surface area contributed by atoms with Crippen LogP contribution in [0.5, 0.6) is 0 Å². The van der Waals surface area contributed by atoms with E-state index >= 15 is 0 Å². The summed E-state index contributed by atoms with van der Waals surface area (Å²) in [5.41, 5.74) is 5.66. The molecule has 80 valence electrons. The second kappa shape index (κ2) is 3.37. The van der Waals surface area contributed by atoms with Gasteiger partial charge in [-0.2, -0.15) is 0 Å². The average molecular weight is 203 g/mol. The topological polar surface area (TPSA) is 41.6 Å². The Bertz CT molecular complexity index is 240. The number of nitrogens with zero attached hydrogens (tertiary/aromatic N) is 2. The van der Waals surface area contributed by atoms with Crippen LogP contribution < -0.4 is 5.73 Å². The van der Waals surface area contributed by atoms with Crippen LogP contribution in [0.25, 0.3) is 0 Å². The third-order valence-electron chi connectivity index (χ3n) is 2.87. The minimum Gasteiger partial charge on any atom is -0.370 e. The van der Waals surface area contributed by atoms with Crippen molar-refractivity contribution in [3.05, 3.63) is 0 Å². The van der Waals surface area contributed by atoms with E-state index in [9.17, 15) is 8.78 Å². The molecule has 0 amide bonds. The van der Waals surface area contributed by atoms with Crippen molar-refractivity contribution in [2.75, 3.05) is 19.6 Å². The largest absolute Gasteiger partial charge is 0.370 e. The van der Waals surface area contributed by atoms with E-state index in [0.29, 0.717) is 12.5 Å². The highest BCUT2D eigenvalue weighted by molar-refractivity contribution is 5.78. The molecule has 0 radical (unpaired) electrons. The van der Waals surface area contributed by atoms with Crippen molar-refractivity contribution in [1.82, 2.24) is 4.90 Å². The van der Waals surface area contributed by atoms with Crippen molar-refractivity contribution in [3.63, 3.8) is 0 Å². The van der Waals surface area contributed by atoms with Gasteiger partial charge in [-0.05, 0) is 12.3 Å². The Morgan fingerprint density at radius 2 is 2.07 bits per heavy atom. The molecule has 1 saturated carbocycles. The third kappa shape index (κ3) is 1.96. The number of aliphatic imine (C=N–C) groups is 1. The van der Waals surface area contributed by atoms with Crippen molar-refractivity contribution in [2.45, 2.75) is 25.2 Å². The van der Waals surface area contributed by atoms with E-state index in [1.165, 1.54) is 0 Å². The summed E-state index contributed by atoms with van der Waals surface area (Å²) >= 11 is 0. The van der Waals surface area contributed by atoms with Crippen LogP contribution >= 0.6 is 0 Å². The normalized spacial score (nSPS) is 27.0. The lowest BCUT2D eigenvalue weighted by Crippen LogP contribution is -2.47. The Kier molecular flexibility index (Phi) is 2.33. The molecule has 2 aliphatic rings. The summed E-state index contributed by atoms with van der Waals surface area (Å²) in [6, 6.07) is 0. The molecular formula is C9H15F2N3. The Hall–Kier alpha value is -0.870. The predicted octanol–water partition coefficient (Wildman–Crippen LogP) is 1.05. The lowest BCUT2D eigenvalue weighted by atomic mass is 9.81. The van der Waals surface area contributed by atoms with Gasteiger partial charge in [0.2, 0.25) is 5.92 Å². The van der Waals surface area contributed by atoms with Crippen LogP contribution in [0.4, 0.5) is 8.78 Å². The molecule has 0 bridgehead atoms. The molecule has 0 unspecified atom stereocenters. The first-order chi connectivity index (χ1) is 6.57. The van der Waals surface area contributed by atoms with Crippen LogP contribution in [-0.4, -0.2) is 36.4 Å². The molecule has 3 nitrogen and oxygen atoms in total. The first-order valence-corrected chi connectivity index (χ1v) is 4.99. The molecule has 0 aromatic rings. The van der Waals surface area contributed by atoms with Crippen molar-refractivity contribution < 1.29 is 8.78 Å². The highest BCUT2D eigenvalue weighted by Gasteiger charge is 2.44. The lowest BCUT2D eigenvalue weighted by Gasteiger charge is -2.35. The van der Waals surface area contributed by atoms with E-state index in [4.69, 9.17) is 5.73 Å². The molecule has 1 aliphatic carbocycles. The number of hydrogen-bond acceptors (Lipinski definition) is 1. The highest BCUT2D eigenvalue weighted by Crippen LogP contribution is 2.42. The van der Waals surface area contributed by atoms with Crippen LogP contribution in [-0.2, 0) is 0 Å². The molecule has 2 fully saturated rings. The number of rotatable bonds is 2. The summed E-state index contributed by atoms with van der Waals surface area (Å²) in [5.74, 6) is -1.89. The molecule has 1 heterocycles. The first kappa shape index (κ1) is 9.68. The maximum atomic E-state index is 12.5. The highest BCUT2D eigenvalue weighted by atomic mass is 19.3. The SMILES string of the molecule is NC(=NCC1CC(F)(F)C1)N1CCC1. The van der Waals surface area contributed by atoms with Crippen molar-refractivity contribution in [2.24, 2.45) is 16.6 Å². The fraction of sp³-hybridized carbons (Fsp3) is 0.889. The molecule has 0 atom stereocenters. The number of likely N-dealkylation sites (tertiary alicyclic amines) is 1. The van der Waals surface area contributed by atoms with Gasteiger partial charge < -0.3 is 10.6 Å². The van der Waals surface area contributed by atoms with Crippen molar-refractivity contribution >= 4 is 5.96 Å². The minimum absolute atomic E-state index is 0.0240. The van der Waals surface area contributed by atoms with Gasteiger partial charge in [0.05, 0.1) is 0 Å². The number of alkyl halides is 2. The Labute approximate surface area is 82.0 Å². The third-order valence-corrected chi connectivity index (χ3v) is 2.87. The standard InChI is InChI=1S/C9H15F2N3/c10-9(11)4-7(5-9)6-13-8(12)14-2-1-3-14/h7H,1-6H2,(H2,12,13). The lowest BCUT2D eigenvalue weighted by molar-refractivity contribution is -0.107. The van der Waals surface area contributed by atoms with Gasteiger partial charge in [-0.3, -0.25) is 4.99 Å². The molecule has 1 saturated heterocycles. The molecule has 14 heavy (non-hydrogen) atoms. The first-order valence-electron chi connectivity index (χ1n) is 4.99. The quantitative estimate of drug-likeness (QED) is 0.538. The van der Waals surface area contributed by atoms with E-state index in [0.717, 1.165) is 19.5 Å². The van der Waals surface area contributed by atoms with Gasteiger partial charge in [-0.1, -0.05) is 0 Å². The van der Waals surface area contributed by atoms with Crippen molar-refractivity contribution in [1.29, 1.82) is 0 Å². The maximum absolute atomic E-state index is 12.5. The minimum atomic E-state index is -2.44. The Balaban J connectivity index is 1.71. The van der Waals surface area contributed by atoms with Gasteiger partial charge in [0, 0.05) is 32.5 Å². The molecule has 0 aromatic carbocycles. The zero-order chi connectivity index (χ0) is 10.2. The Morgan fingerprint density at radius 1 is 1.43 bits per heavy atom. The predicted molar refractivity (Wildman–Crippen MR) is 50.4 cm³/mol. The number of guanidine groups is 1. The summed E-state index contributed by atoms with van der Waals surface area (Å²) in [6.07, 6.45) is 1.10. The van der Waals surface area contributed by atoms with E-state index in [1.807, 2.05) is 4.90 Å². The summed E-state index contributed by atoms with van der Waals surface area (Å²) in [6.45, 7) is 2.37. The summed E-state index contributed by atoms with van der Waals surface area (Å²) in [7, 11) is 0. The Morgan fingerprint density at radius 3 is 2.50 bits per heavy atom. The average Bonchev–Trinajstić information content (AvgIpc) is 1.93. The molecule has 0 aromatic heterocycles. The smallest absolute Gasteiger partial charge is 0.248 e. The maximum Gasteiger partial charge on any atom is 0.248 e. The van der Waals surface area contributed by atoms with Crippen LogP contribution in [0.1, 0.15) is 19.3 Å². The molecule has 0 spiro atoms. The second-order valence-electron chi connectivity index (χ2n) is 4.17. The van der Waals surface area contributed by atoms with Crippen molar-refractivity contribution in [3.8, 4) is 0 Å². The molecular weight excluding hydrogens is 188 g/mol. The van der Waals surface area contributed by atoms with E-state index in [2.05, 4.69) is 4.99 Å².